The van der Waals surface area contributed by atoms with E-state index in [2.05, 4.69) is 19.9 Å². The van der Waals surface area contributed by atoms with E-state index in [0.717, 1.165) is 18.5 Å². The number of anilines is 1. The Morgan fingerprint density at radius 2 is 2.38 bits per heavy atom. The zero-order chi connectivity index (χ0) is 11.1. The quantitative estimate of drug-likeness (QED) is 0.712. The summed E-state index contributed by atoms with van der Waals surface area (Å²) < 4.78 is 0. The van der Waals surface area contributed by atoms with Gasteiger partial charge in [0.05, 0.1) is 12.4 Å². The van der Waals surface area contributed by atoms with Gasteiger partial charge in [0.2, 0.25) is 5.28 Å². The van der Waals surface area contributed by atoms with Gasteiger partial charge in [-0.25, -0.2) is 4.98 Å². The number of hydrogen-bond acceptors (Lipinski definition) is 5. The van der Waals surface area contributed by atoms with E-state index in [9.17, 15) is 5.11 Å². The summed E-state index contributed by atoms with van der Waals surface area (Å²) in [6, 6.07) is 0. The maximum absolute atomic E-state index is 9.51. The highest BCUT2D eigenvalue weighted by molar-refractivity contribution is 6.28. The fraction of sp³-hybridized carbons (Fsp3) is 0.444. The largest absolute Gasteiger partial charge is 0.391 e. The molecule has 84 valence electrons. The Labute approximate surface area is 96.3 Å². The van der Waals surface area contributed by atoms with Crippen LogP contribution in [-0.2, 0) is 0 Å². The molecule has 1 aliphatic rings. The van der Waals surface area contributed by atoms with Crippen molar-refractivity contribution < 1.29 is 5.11 Å². The van der Waals surface area contributed by atoms with E-state index in [4.69, 9.17) is 11.6 Å². The van der Waals surface area contributed by atoms with E-state index in [1.165, 1.54) is 0 Å². The third kappa shape index (κ3) is 1.50. The van der Waals surface area contributed by atoms with E-state index >= 15 is 0 Å². The predicted octanol–water partition coefficient (Wildman–Crippen LogP) is 0.577. The summed E-state index contributed by atoms with van der Waals surface area (Å²) in [5.41, 5.74) is 1.31. The first-order valence-corrected chi connectivity index (χ1v) is 5.41. The predicted molar refractivity (Wildman–Crippen MR) is 59.5 cm³/mol. The van der Waals surface area contributed by atoms with Crippen LogP contribution in [0.1, 0.15) is 6.42 Å². The Balaban J connectivity index is 2.11. The van der Waals surface area contributed by atoms with Crippen molar-refractivity contribution in [3.63, 3.8) is 0 Å². The zero-order valence-corrected chi connectivity index (χ0v) is 9.15. The summed E-state index contributed by atoms with van der Waals surface area (Å²) in [6.07, 6.45) is 2.01. The van der Waals surface area contributed by atoms with Gasteiger partial charge in [0.1, 0.15) is 5.52 Å². The minimum Gasteiger partial charge on any atom is -0.391 e. The minimum absolute atomic E-state index is 0.177. The Hall–Kier alpha value is -1.40. The highest BCUT2D eigenvalue weighted by Crippen LogP contribution is 2.25. The first-order chi connectivity index (χ1) is 7.74. The van der Waals surface area contributed by atoms with Crippen molar-refractivity contribution in [3.8, 4) is 0 Å². The first-order valence-electron chi connectivity index (χ1n) is 5.03. The van der Waals surface area contributed by atoms with Crippen molar-refractivity contribution >= 4 is 28.6 Å². The summed E-state index contributed by atoms with van der Waals surface area (Å²) in [5, 5.41) is 9.69. The average Bonchev–Trinajstić information content (AvgIpc) is 2.84. The van der Waals surface area contributed by atoms with E-state index < -0.39 is 0 Å². The smallest absolute Gasteiger partial charge is 0.226 e. The second-order valence-electron chi connectivity index (χ2n) is 3.81. The number of aliphatic hydroxyl groups is 1. The number of aromatic nitrogens is 4. The third-order valence-electron chi connectivity index (χ3n) is 2.70. The van der Waals surface area contributed by atoms with E-state index in [-0.39, 0.29) is 11.4 Å². The van der Waals surface area contributed by atoms with Gasteiger partial charge in [-0.05, 0) is 18.0 Å². The Morgan fingerprint density at radius 1 is 1.50 bits per heavy atom. The summed E-state index contributed by atoms with van der Waals surface area (Å²) in [5.74, 6) is 0.712. The second-order valence-corrected chi connectivity index (χ2v) is 4.14. The van der Waals surface area contributed by atoms with Gasteiger partial charge in [-0.2, -0.15) is 9.97 Å². The third-order valence-corrected chi connectivity index (χ3v) is 2.87. The van der Waals surface area contributed by atoms with E-state index in [1.807, 2.05) is 4.90 Å². The molecule has 2 aromatic rings. The fourth-order valence-electron chi connectivity index (χ4n) is 1.96. The molecule has 2 N–H and O–H groups in total. The van der Waals surface area contributed by atoms with Crippen LogP contribution in [0.25, 0.3) is 11.2 Å². The van der Waals surface area contributed by atoms with Crippen LogP contribution in [0.4, 0.5) is 5.82 Å². The van der Waals surface area contributed by atoms with Crippen LogP contribution in [-0.4, -0.2) is 44.2 Å². The highest BCUT2D eigenvalue weighted by Gasteiger charge is 2.24. The summed E-state index contributed by atoms with van der Waals surface area (Å²) >= 11 is 5.83. The maximum Gasteiger partial charge on any atom is 0.226 e. The van der Waals surface area contributed by atoms with Crippen molar-refractivity contribution in [2.45, 2.75) is 12.5 Å². The topological polar surface area (TPSA) is 77.9 Å². The number of β-amino-alcohol motifs (C(OH)–C–C–N with tert-alkyl or cyclic N) is 1. The molecule has 0 spiro atoms. The Morgan fingerprint density at radius 3 is 3.12 bits per heavy atom. The number of imidazole rings is 1. The molecular formula is C9H10ClN5O. The fourth-order valence-corrected chi connectivity index (χ4v) is 2.12. The Kier molecular flexibility index (Phi) is 2.19. The summed E-state index contributed by atoms with van der Waals surface area (Å²) in [6.45, 7) is 1.34. The van der Waals surface area contributed by atoms with E-state index in [0.29, 0.717) is 18.0 Å². The molecule has 1 saturated heterocycles. The van der Waals surface area contributed by atoms with Gasteiger partial charge in [-0.3, -0.25) is 0 Å². The van der Waals surface area contributed by atoms with Crippen LogP contribution in [0, 0.1) is 0 Å². The van der Waals surface area contributed by atoms with Gasteiger partial charge in [-0.15, -0.1) is 0 Å². The molecule has 0 bridgehead atoms. The molecule has 1 atom stereocenters. The standard InChI is InChI=1S/C9H10ClN5O/c10-9-13-7-6(11-4-12-7)8(14-9)15-2-1-5(16)3-15/h4-5,16H,1-3H2,(H,11,12,13,14). The van der Waals surface area contributed by atoms with Crippen LogP contribution in [0.15, 0.2) is 6.33 Å². The van der Waals surface area contributed by atoms with Gasteiger partial charge in [0.25, 0.3) is 0 Å². The molecule has 0 aromatic carbocycles. The number of nitrogens with one attached hydrogen (secondary N) is 1. The molecule has 0 saturated carbocycles. The molecule has 16 heavy (non-hydrogen) atoms. The molecule has 1 fully saturated rings. The number of fused-ring (bicyclic) bond motifs is 1. The summed E-state index contributed by atoms with van der Waals surface area (Å²) in [7, 11) is 0. The van der Waals surface area contributed by atoms with Crippen molar-refractivity contribution in [1.29, 1.82) is 0 Å². The monoisotopic (exact) mass is 239 g/mol. The van der Waals surface area contributed by atoms with Gasteiger partial charge < -0.3 is 15.0 Å². The lowest BCUT2D eigenvalue weighted by Crippen LogP contribution is -2.22. The van der Waals surface area contributed by atoms with Gasteiger partial charge in [-0.1, -0.05) is 0 Å². The number of aliphatic hydroxyl groups excluding tert-OH is 1. The van der Waals surface area contributed by atoms with Crippen molar-refractivity contribution in [2.75, 3.05) is 18.0 Å². The molecule has 7 heteroatoms. The molecule has 6 nitrogen and oxygen atoms in total. The molecule has 1 aliphatic heterocycles. The SMILES string of the molecule is OC1CCN(c2nc(Cl)nc3nc[nH]c23)C1. The number of H-pyrrole nitrogens is 1. The molecule has 2 aromatic heterocycles. The van der Waals surface area contributed by atoms with Crippen molar-refractivity contribution in [1.82, 2.24) is 19.9 Å². The lowest BCUT2D eigenvalue weighted by molar-refractivity contribution is 0.198. The lowest BCUT2D eigenvalue weighted by atomic mass is 10.3. The molecular weight excluding hydrogens is 230 g/mol. The number of aromatic amines is 1. The van der Waals surface area contributed by atoms with Crippen LogP contribution >= 0.6 is 11.6 Å². The van der Waals surface area contributed by atoms with Crippen molar-refractivity contribution in [2.24, 2.45) is 0 Å². The van der Waals surface area contributed by atoms with E-state index in [1.54, 1.807) is 6.33 Å². The summed E-state index contributed by atoms with van der Waals surface area (Å²) in [4.78, 5) is 17.2. The van der Waals surface area contributed by atoms with Crippen LogP contribution < -0.4 is 4.90 Å². The zero-order valence-electron chi connectivity index (χ0n) is 8.39. The van der Waals surface area contributed by atoms with Crippen LogP contribution in [0.5, 0.6) is 0 Å². The highest BCUT2D eigenvalue weighted by atomic mass is 35.5. The van der Waals surface area contributed by atoms with Gasteiger partial charge in [0, 0.05) is 13.1 Å². The van der Waals surface area contributed by atoms with Gasteiger partial charge >= 0.3 is 0 Å². The molecule has 3 heterocycles. The first kappa shape index (κ1) is 9.80. The molecule has 0 amide bonds. The maximum atomic E-state index is 9.51. The molecule has 1 unspecified atom stereocenters. The lowest BCUT2D eigenvalue weighted by Gasteiger charge is -2.16. The normalized spacial score (nSPS) is 20.9. The Bertz CT molecular complexity index is 528. The molecule has 0 radical (unpaired) electrons. The second kappa shape index (κ2) is 3.57. The molecule has 0 aliphatic carbocycles. The number of nitrogens with zero attached hydrogens (tertiary/aromatic N) is 4. The number of rotatable bonds is 1. The molecule has 3 rings (SSSR count). The van der Waals surface area contributed by atoms with Crippen molar-refractivity contribution in [3.05, 3.63) is 11.6 Å². The average molecular weight is 240 g/mol. The number of hydrogen-bond donors (Lipinski definition) is 2. The van der Waals surface area contributed by atoms with Crippen LogP contribution in [0.2, 0.25) is 5.28 Å². The van der Waals surface area contributed by atoms with Crippen LogP contribution in [0.3, 0.4) is 0 Å². The number of halogens is 1. The van der Waals surface area contributed by atoms with Gasteiger partial charge in [0.15, 0.2) is 11.5 Å². The minimum atomic E-state index is -0.299.